The number of amides is 2. The number of aryl methyl sites for hydroxylation is 2. The molecular formula is C52H50N2O8S2. The molecule has 6 atom stereocenters. The van der Waals surface area contributed by atoms with Gasteiger partial charge >= 0.3 is 0 Å². The van der Waals surface area contributed by atoms with Gasteiger partial charge in [-0.25, -0.2) is 0 Å². The first kappa shape index (κ1) is 43.4. The van der Waals surface area contributed by atoms with Crippen LogP contribution in [-0.2, 0) is 22.4 Å². The number of allylic oxidation sites excluding steroid dienone is 2. The first-order chi connectivity index (χ1) is 31.1. The fourth-order valence-corrected chi connectivity index (χ4v) is 11.2. The van der Waals surface area contributed by atoms with Gasteiger partial charge in [-0.05, 0) is 113 Å². The molecule has 0 saturated carbocycles. The van der Waals surface area contributed by atoms with Crippen LogP contribution in [0.1, 0.15) is 77.2 Å². The summed E-state index contributed by atoms with van der Waals surface area (Å²) in [5.74, 6) is 0.316. The summed E-state index contributed by atoms with van der Waals surface area (Å²) in [5, 5.41) is 45.5. The molecule has 6 aromatic rings. The van der Waals surface area contributed by atoms with Gasteiger partial charge in [0.25, 0.3) is 0 Å². The quantitative estimate of drug-likeness (QED) is 0.0636. The lowest BCUT2D eigenvalue weighted by Crippen LogP contribution is -2.21. The fourth-order valence-electron chi connectivity index (χ4n) is 9.35. The number of anilines is 2. The van der Waals surface area contributed by atoms with E-state index in [2.05, 4.69) is 84.5 Å². The van der Waals surface area contributed by atoms with E-state index in [4.69, 9.17) is 19.7 Å². The van der Waals surface area contributed by atoms with E-state index in [1.165, 1.54) is 53.6 Å². The summed E-state index contributed by atoms with van der Waals surface area (Å²) in [6.45, 7) is 3.52. The highest BCUT2D eigenvalue weighted by atomic mass is 32.1. The first-order valence-corrected chi connectivity index (χ1v) is 23.2. The summed E-state index contributed by atoms with van der Waals surface area (Å²) in [7, 11) is 0. The smallest absolute Gasteiger partial charge is 0.232 e. The average molecular weight is 895 g/mol. The largest absolute Gasteiger partial charge is 0.491 e. The van der Waals surface area contributed by atoms with Crippen molar-refractivity contribution in [1.29, 1.82) is 0 Å². The Balaban J connectivity index is 0.000000162. The SMILES string of the molecule is Cc1ccc(CC2=Cc3ccccc3C2C2C(=O)Nc3ccc(OCC(O)CO)cc32)s1.Cc1ccsc1CC1=Cc2ccccc2C1C1C(=O)Nc2ccc(OCC(O)CO)cc21. The molecule has 4 heterocycles. The molecule has 64 heavy (non-hydrogen) atoms. The van der Waals surface area contributed by atoms with Crippen molar-refractivity contribution in [2.24, 2.45) is 0 Å². The van der Waals surface area contributed by atoms with E-state index < -0.39 is 12.2 Å². The highest BCUT2D eigenvalue weighted by Crippen LogP contribution is 2.53. The van der Waals surface area contributed by atoms with Gasteiger partial charge in [0.15, 0.2) is 0 Å². The van der Waals surface area contributed by atoms with Gasteiger partial charge in [0.1, 0.15) is 36.9 Å². The molecule has 328 valence electrons. The van der Waals surface area contributed by atoms with Gasteiger partial charge in [-0.1, -0.05) is 71.8 Å². The van der Waals surface area contributed by atoms with Crippen LogP contribution in [0.4, 0.5) is 11.4 Å². The Labute approximate surface area is 380 Å². The second-order valence-corrected chi connectivity index (χ2v) is 19.1. The zero-order valence-corrected chi connectivity index (χ0v) is 37.1. The topological polar surface area (TPSA) is 158 Å². The lowest BCUT2D eigenvalue weighted by Gasteiger charge is -2.23. The third kappa shape index (κ3) is 8.82. The van der Waals surface area contributed by atoms with Crippen molar-refractivity contribution in [3.05, 3.63) is 173 Å². The van der Waals surface area contributed by atoms with E-state index in [9.17, 15) is 19.8 Å². The molecule has 0 bridgehead atoms. The molecule has 4 aliphatic rings. The Morgan fingerprint density at radius 2 is 1.12 bits per heavy atom. The Morgan fingerprint density at radius 1 is 0.609 bits per heavy atom. The summed E-state index contributed by atoms with van der Waals surface area (Å²) >= 11 is 3.55. The number of benzene rings is 4. The van der Waals surface area contributed by atoms with Crippen LogP contribution in [0.5, 0.6) is 11.5 Å². The average Bonchev–Trinajstić information content (AvgIpc) is 4.16. The summed E-state index contributed by atoms with van der Waals surface area (Å²) in [6.07, 6.45) is 4.23. The molecule has 2 aromatic heterocycles. The highest BCUT2D eigenvalue weighted by molar-refractivity contribution is 7.12. The van der Waals surface area contributed by atoms with Crippen LogP contribution < -0.4 is 20.1 Å². The number of carbonyl (C=O) groups is 2. The van der Waals surface area contributed by atoms with Crippen molar-refractivity contribution in [2.45, 2.75) is 62.6 Å². The maximum atomic E-state index is 13.2. The molecule has 0 saturated heterocycles. The van der Waals surface area contributed by atoms with Crippen molar-refractivity contribution < 1.29 is 39.5 Å². The van der Waals surface area contributed by atoms with Gasteiger partial charge in [0, 0.05) is 50.7 Å². The predicted molar refractivity (Wildman–Crippen MR) is 253 cm³/mol. The molecule has 0 fully saturated rings. The number of fused-ring (bicyclic) bond motifs is 4. The molecule has 10 rings (SSSR count). The Bertz CT molecular complexity index is 2770. The van der Waals surface area contributed by atoms with E-state index in [0.29, 0.717) is 11.5 Å². The minimum atomic E-state index is -0.941. The van der Waals surface area contributed by atoms with Crippen LogP contribution in [0.2, 0.25) is 0 Å². The lowest BCUT2D eigenvalue weighted by molar-refractivity contribution is -0.118. The van der Waals surface area contributed by atoms with Crippen molar-refractivity contribution >= 4 is 58.0 Å². The number of nitrogens with one attached hydrogen (secondary N) is 2. The summed E-state index contributed by atoms with van der Waals surface area (Å²) < 4.78 is 11.3. The minimum absolute atomic E-state index is 0.00350. The van der Waals surface area contributed by atoms with Crippen molar-refractivity contribution in [3.63, 3.8) is 0 Å². The van der Waals surface area contributed by atoms with E-state index in [-0.39, 0.29) is 61.9 Å². The van der Waals surface area contributed by atoms with Gasteiger partial charge in [-0.2, -0.15) is 0 Å². The van der Waals surface area contributed by atoms with Crippen molar-refractivity contribution in [1.82, 2.24) is 0 Å². The number of hydrogen-bond acceptors (Lipinski definition) is 10. The molecule has 0 radical (unpaired) electrons. The number of aliphatic hydroxyl groups excluding tert-OH is 4. The van der Waals surface area contributed by atoms with Crippen LogP contribution in [0.15, 0.2) is 120 Å². The van der Waals surface area contributed by atoms with E-state index in [1.807, 2.05) is 48.5 Å². The summed E-state index contributed by atoms with van der Waals surface area (Å²) in [4.78, 5) is 30.3. The number of ether oxygens (including phenoxy) is 2. The fraction of sp³-hybridized carbons (Fsp3) is 0.269. The van der Waals surface area contributed by atoms with Gasteiger partial charge in [-0.15, -0.1) is 22.7 Å². The molecule has 0 spiro atoms. The minimum Gasteiger partial charge on any atom is -0.491 e. The monoisotopic (exact) mass is 894 g/mol. The van der Waals surface area contributed by atoms with E-state index in [1.54, 1.807) is 34.8 Å². The first-order valence-electron chi connectivity index (χ1n) is 21.5. The molecule has 6 N–H and O–H groups in total. The Kier molecular flexibility index (Phi) is 12.7. The maximum Gasteiger partial charge on any atom is 0.232 e. The maximum absolute atomic E-state index is 13.2. The Morgan fingerprint density at radius 3 is 1.59 bits per heavy atom. The number of aliphatic hydroxyl groups is 4. The lowest BCUT2D eigenvalue weighted by atomic mass is 9.78. The van der Waals surface area contributed by atoms with Gasteiger partial charge in [0.2, 0.25) is 11.8 Å². The molecule has 2 aliphatic carbocycles. The van der Waals surface area contributed by atoms with Crippen LogP contribution in [0, 0.1) is 13.8 Å². The van der Waals surface area contributed by atoms with Crippen LogP contribution >= 0.6 is 22.7 Å². The zero-order chi connectivity index (χ0) is 44.5. The number of rotatable bonds is 14. The zero-order valence-electron chi connectivity index (χ0n) is 35.5. The molecule has 2 aliphatic heterocycles. The summed E-state index contributed by atoms with van der Waals surface area (Å²) in [5.41, 5.74) is 11.8. The normalized spacial score (nSPS) is 19.8. The highest BCUT2D eigenvalue weighted by Gasteiger charge is 2.44. The van der Waals surface area contributed by atoms with Crippen molar-refractivity contribution in [3.8, 4) is 11.5 Å². The molecule has 2 amide bonds. The number of carbonyl (C=O) groups excluding carboxylic acids is 2. The molecule has 10 nitrogen and oxygen atoms in total. The Hall–Kier alpha value is -5.86. The molecule has 12 heteroatoms. The van der Waals surface area contributed by atoms with Gasteiger partial charge < -0.3 is 40.5 Å². The number of thiophene rings is 2. The summed E-state index contributed by atoms with van der Waals surface area (Å²) in [6, 6.07) is 34.1. The third-order valence-corrected chi connectivity index (χ3v) is 14.4. The predicted octanol–water partition coefficient (Wildman–Crippen LogP) is 8.50. The standard InChI is InChI=1S/2C26H25NO4S/c1-15-6-8-20(32-15)11-17-10-16-4-2-3-5-21(16)24(17)25-22-12-19(31-14-18(29)13-28)7-9-23(22)27-26(25)30;1-15-8-9-32-23(15)11-17-10-16-4-2-3-5-20(16)24(17)25-21-12-19(31-14-18(29)13-28)6-7-22(21)27-26(25)30/h2*2-10,12,18,24-25,28-29H,11,13-14H2,1H3,(H,27,30). The van der Waals surface area contributed by atoms with E-state index >= 15 is 0 Å². The molecular weight excluding hydrogens is 845 g/mol. The van der Waals surface area contributed by atoms with Crippen LogP contribution in [0.25, 0.3) is 12.2 Å². The van der Waals surface area contributed by atoms with Crippen LogP contribution in [0.3, 0.4) is 0 Å². The second-order valence-electron chi connectivity index (χ2n) is 16.8. The molecule has 4 aromatic carbocycles. The second kappa shape index (κ2) is 18.7. The third-order valence-electron chi connectivity index (χ3n) is 12.4. The van der Waals surface area contributed by atoms with Crippen LogP contribution in [-0.4, -0.2) is 70.9 Å². The van der Waals surface area contributed by atoms with Crippen molar-refractivity contribution in [2.75, 3.05) is 37.1 Å². The number of hydrogen-bond donors (Lipinski definition) is 6. The molecule has 6 unspecified atom stereocenters. The van der Waals surface area contributed by atoms with Gasteiger partial charge in [-0.3, -0.25) is 9.59 Å². The van der Waals surface area contributed by atoms with Gasteiger partial charge in [0.05, 0.1) is 25.0 Å². The van der Waals surface area contributed by atoms with E-state index in [0.717, 1.165) is 35.3 Å².